The molecule has 0 saturated carbocycles. The molecule has 1 aromatic carbocycles. The highest BCUT2D eigenvalue weighted by atomic mass is 19.1. The third-order valence-corrected chi connectivity index (χ3v) is 5.77. The number of likely N-dealkylation sites (tertiary alicyclic amines) is 1. The quantitative estimate of drug-likeness (QED) is 0.816. The van der Waals surface area contributed by atoms with Gasteiger partial charge in [0.25, 0.3) is 0 Å². The van der Waals surface area contributed by atoms with Gasteiger partial charge in [-0.15, -0.1) is 0 Å². The number of hydrogen-bond donors (Lipinski definition) is 0. The second-order valence-corrected chi connectivity index (χ2v) is 7.20. The first-order chi connectivity index (χ1) is 12.5. The molecule has 1 aromatic rings. The van der Waals surface area contributed by atoms with Crippen molar-refractivity contribution in [3.63, 3.8) is 0 Å². The molecule has 140 valence electrons. The van der Waals surface area contributed by atoms with E-state index in [-0.39, 0.29) is 30.7 Å². The fraction of sp³-hybridized carbons (Fsp3) is 0.579. The van der Waals surface area contributed by atoms with Crippen molar-refractivity contribution in [2.45, 2.75) is 37.5 Å². The number of hydrogen-bond acceptors (Lipinski definition) is 5. The molecular weight excluding hydrogens is 339 g/mol. The van der Waals surface area contributed by atoms with E-state index in [2.05, 4.69) is 4.90 Å². The number of rotatable bonds is 3. The minimum absolute atomic E-state index is 0.0105. The summed E-state index contributed by atoms with van der Waals surface area (Å²) in [5, 5.41) is 0. The summed E-state index contributed by atoms with van der Waals surface area (Å²) in [5.74, 6) is 1.10. The number of amides is 1. The maximum absolute atomic E-state index is 13.6. The van der Waals surface area contributed by atoms with Gasteiger partial charge in [0.1, 0.15) is 12.2 Å². The van der Waals surface area contributed by atoms with E-state index in [1.54, 1.807) is 14.2 Å². The predicted molar refractivity (Wildman–Crippen MR) is 92.2 cm³/mol. The van der Waals surface area contributed by atoms with Crippen LogP contribution in [-0.4, -0.2) is 67.6 Å². The molecule has 6 nitrogen and oxygen atoms in total. The molecule has 2 saturated heterocycles. The van der Waals surface area contributed by atoms with Crippen LogP contribution in [0.25, 0.3) is 0 Å². The van der Waals surface area contributed by atoms with Gasteiger partial charge in [0.05, 0.1) is 27.2 Å². The molecule has 0 aromatic heterocycles. The van der Waals surface area contributed by atoms with Crippen molar-refractivity contribution in [1.82, 2.24) is 9.80 Å². The minimum atomic E-state index is -1.16. The molecule has 26 heavy (non-hydrogen) atoms. The lowest BCUT2D eigenvalue weighted by molar-refractivity contribution is -0.140. The van der Waals surface area contributed by atoms with Gasteiger partial charge in [0.2, 0.25) is 5.91 Å². The summed E-state index contributed by atoms with van der Waals surface area (Å²) in [6.45, 7) is 1.31. The zero-order valence-electron chi connectivity index (χ0n) is 15.0. The number of piperidine rings is 1. The molecule has 0 N–H and O–H groups in total. The maximum Gasteiger partial charge on any atom is 0.226 e. The van der Waals surface area contributed by atoms with Gasteiger partial charge in [0, 0.05) is 25.6 Å². The van der Waals surface area contributed by atoms with E-state index < -0.39 is 12.2 Å². The number of carbonyl (C=O) groups excluding carboxylic acids is 2. The van der Waals surface area contributed by atoms with Crippen molar-refractivity contribution >= 4 is 11.7 Å². The molecule has 3 aliphatic heterocycles. The molecule has 7 heteroatoms. The number of alkyl halides is 1. The standard InChI is InChI=1S/C19H23FN2O4/c1-25-17-5-11-3-4-21-10-15(22-9-12(20)6-19(22)24)16(23)8-14(21)13(11)7-18(17)26-2/h5,7,12,14-15H,3-4,6,8-10H2,1-2H3/t12?,14-,15-/m0/s1. The van der Waals surface area contributed by atoms with Crippen molar-refractivity contribution in [1.29, 1.82) is 0 Å². The first-order valence-electron chi connectivity index (χ1n) is 8.97. The topological polar surface area (TPSA) is 59.1 Å². The summed E-state index contributed by atoms with van der Waals surface area (Å²) in [6, 6.07) is 3.39. The molecule has 3 atom stereocenters. The second kappa shape index (κ2) is 6.54. The van der Waals surface area contributed by atoms with E-state index in [1.165, 1.54) is 4.90 Å². The van der Waals surface area contributed by atoms with Crippen molar-refractivity contribution in [2.75, 3.05) is 33.9 Å². The number of ether oxygens (including phenoxy) is 2. The number of benzene rings is 1. The van der Waals surface area contributed by atoms with Crippen LogP contribution in [-0.2, 0) is 16.0 Å². The fourth-order valence-corrected chi connectivity index (χ4v) is 4.45. The lowest BCUT2D eigenvalue weighted by atomic mass is 9.84. The van der Waals surface area contributed by atoms with Crippen molar-refractivity contribution in [3.8, 4) is 11.5 Å². The molecule has 3 heterocycles. The Balaban J connectivity index is 1.61. The van der Waals surface area contributed by atoms with Crippen molar-refractivity contribution in [2.24, 2.45) is 0 Å². The Morgan fingerprint density at radius 2 is 1.77 bits per heavy atom. The van der Waals surface area contributed by atoms with Crippen LogP contribution in [0.5, 0.6) is 11.5 Å². The van der Waals surface area contributed by atoms with Crippen LogP contribution in [0.15, 0.2) is 12.1 Å². The van der Waals surface area contributed by atoms with Gasteiger partial charge in [0.15, 0.2) is 17.3 Å². The predicted octanol–water partition coefficient (Wildman–Crippen LogP) is 1.51. The van der Waals surface area contributed by atoms with Crippen molar-refractivity contribution < 1.29 is 23.5 Å². The lowest BCUT2D eigenvalue weighted by Gasteiger charge is -2.44. The SMILES string of the molecule is COc1cc2c(cc1OC)[C@@H]1CC(=O)[C@@H](N3CC(F)CC3=O)CN1CC2. The Labute approximate surface area is 151 Å². The van der Waals surface area contributed by atoms with Crippen molar-refractivity contribution in [3.05, 3.63) is 23.3 Å². The fourth-order valence-electron chi connectivity index (χ4n) is 4.45. The zero-order chi connectivity index (χ0) is 18.4. The number of nitrogens with zero attached hydrogens (tertiary/aromatic N) is 2. The molecule has 2 fully saturated rings. The highest BCUT2D eigenvalue weighted by Gasteiger charge is 2.44. The van der Waals surface area contributed by atoms with E-state index >= 15 is 0 Å². The van der Waals surface area contributed by atoms with Crippen LogP contribution in [0, 0.1) is 0 Å². The number of methoxy groups -OCH3 is 2. The molecule has 0 radical (unpaired) electrons. The minimum Gasteiger partial charge on any atom is -0.493 e. The maximum atomic E-state index is 13.6. The largest absolute Gasteiger partial charge is 0.493 e. The van der Waals surface area contributed by atoms with Gasteiger partial charge in [-0.1, -0.05) is 0 Å². The summed E-state index contributed by atoms with van der Waals surface area (Å²) >= 11 is 0. The summed E-state index contributed by atoms with van der Waals surface area (Å²) in [6.07, 6.45) is -0.0971. The van der Waals surface area contributed by atoms with E-state index in [1.807, 2.05) is 12.1 Å². The van der Waals surface area contributed by atoms with E-state index in [0.717, 1.165) is 24.1 Å². The average Bonchev–Trinajstić information content (AvgIpc) is 2.97. The number of halogens is 1. The number of fused-ring (bicyclic) bond motifs is 3. The number of carbonyl (C=O) groups is 2. The molecule has 3 aliphatic rings. The number of ketones is 1. The molecule has 0 bridgehead atoms. The third kappa shape index (κ3) is 2.74. The Bertz CT molecular complexity index is 753. The second-order valence-electron chi connectivity index (χ2n) is 7.20. The van der Waals surface area contributed by atoms with Crippen LogP contribution < -0.4 is 9.47 Å². The average molecular weight is 362 g/mol. The number of Topliss-reactive ketones (excluding diaryl/α,β-unsaturated/α-hetero) is 1. The Hall–Kier alpha value is -2.15. The van der Waals surface area contributed by atoms with E-state index in [4.69, 9.17) is 9.47 Å². The van der Waals surface area contributed by atoms with Crippen LogP contribution in [0.1, 0.15) is 30.0 Å². The van der Waals surface area contributed by atoms with E-state index in [0.29, 0.717) is 24.5 Å². The molecule has 1 unspecified atom stereocenters. The van der Waals surface area contributed by atoms with Crippen LogP contribution in [0.3, 0.4) is 0 Å². The summed E-state index contributed by atoms with van der Waals surface area (Å²) in [7, 11) is 3.21. The summed E-state index contributed by atoms with van der Waals surface area (Å²) in [4.78, 5) is 28.5. The first-order valence-corrected chi connectivity index (χ1v) is 8.97. The molecule has 4 rings (SSSR count). The molecule has 1 amide bonds. The van der Waals surface area contributed by atoms with Gasteiger partial charge in [-0.25, -0.2) is 4.39 Å². The normalized spacial score (nSPS) is 28.7. The Kier molecular flexibility index (Phi) is 4.34. The third-order valence-electron chi connectivity index (χ3n) is 5.77. The lowest BCUT2D eigenvalue weighted by Crippen LogP contribution is -2.56. The monoisotopic (exact) mass is 362 g/mol. The van der Waals surface area contributed by atoms with Crippen LogP contribution >= 0.6 is 0 Å². The van der Waals surface area contributed by atoms with Crippen LogP contribution in [0.2, 0.25) is 0 Å². The highest BCUT2D eigenvalue weighted by Crippen LogP contribution is 2.41. The van der Waals surface area contributed by atoms with E-state index in [9.17, 15) is 14.0 Å². The summed E-state index contributed by atoms with van der Waals surface area (Å²) in [5.41, 5.74) is 2.24. The Morgan fingerprint density at radius 3 is 2.42 bits per heavy atom. The Morgan fingerprint density at radius 1 is 1.04 bits per heavy atom. The van der Waals surface area contributed by atoms with Gasteiger partial charge >= 0.3 is 0 Å². The molecule has 0 spiro atoms. The zero-order valence-corrected chi connectivity index (χ0v) is 15.0. The van der Waals surface area contributed by atoms with Gasteiger partial charge in [-0.2, -0.15) is 0 Å². The molecular formula is C19H23FN2O4. The smallest absolute Gasteiger partial charge is 0.226 e. The van der Waals surface area contributed by atoms with Gasteiger partial charge in [-0.3, -0.25) is 14.5 Å². The first kappa shape index (κ1) is 17.3. The van der Waals surface area contributed by atoms with Crippen LogP contribution in [0.4, 0.5) is 4.39 Å². The van der Waals surface area contributed by atoms with Gasteiger partial charge < -0.3 is 14.4 Å². The summed E-state index contributed by atoms with van der Waals surface area (Å²) < 4.78 is 24.4. The molecule has 0 aliphatic carbocycles. The van der Waals surface area contributed by atoms with Gasteiger partial charge in [-0.05, 0) is 29.7 Å². The highest BCUT2D eigenvalue weighted by molar-refractivity contribution is 5.91.